The van der Waals surface area contributed by atoms with Crippen molar-refractivity contribution in [1.29, 1.82) is 0 Å². The Bertz CT molecular complexity index is 547. The molecule has 0 amide bonds. The molecule has 0 spiro atoms. The van der Waals surface area contributed by atoms with E-state index in [1.807, 2.05) is 0 Å². The maximum absolute atomic E-state index is 11.5. The number of anilines is 1. The smallest absolute Gasteiger partial charge is 0.334 e. The number of rotatable bonds is 5. The third kappa shape index (κ3) is 4.73. The zero-order valence-corrected chi connectivity index (χ0v) is 15.2. The van der Waals surface area contributed by atoms with Gasteiger partial charge in [-0.1, -0.05) is 12.1 Å². The van der Waals surface area contributed by atoms with Gasteiger partial charge in [-0.15, -0.1) is 0 Å². The van der Waals surface area contributed by atoms with Crippen LogP contribution in [-0.2, 0) is 16.1 Å². The van der Waals surface area contributed by atoms with Gasteiger partial charge < -0.3 is 14.7 Å². The molecule has 0 saturated carbocycles. The lowest BCUT2D eigenvalue weighted by Crippen LogP contribution is -2.40. The fourth-order valence-corrected chi connectivity index (χ4v) is 3.96. The molecular formula is C20H30N2O3. The van der Waals surface area contributed by atoms with Crippen molar-refractivity contribution < 1.29 is 14.6 Å². The number of carbonyl (C=O) groups excluding carboxylic acids is 1. The van der Waals surface area contributed by atoms with Crippen LogP contribution in [-0.4, -0.2) is 55.4 Å². The molecule has 1 aromatic carbocycles. The molecule has 0 aliphatic carbocycles. The lowest BCUT2D eigenvalue weighted by molar-refractivity contribution is -0.154. The highest BCUT2D eigenvalue weighted by Gasteiger charge is 2.30. The van der Waals surface area contributed by atoms with Crippen LogP contribution >= 0.6 is 0 Å². The molecule has 2 saturated heterocycles. The minimum absolute atomic E-state index is 0.0187. The molecule has 0 radical (unpaired) electrons. The van der Waals surface area contributed by atoms with E-state index in [0.29, 0.717) is 0 Å². The van der Waals surface area contributed by atoms with Gasteiger partial charge in [0.15, 0.2) is 6.10 Å². The summed E-state index contributed by atoms with van der Waals surface area (Å²) in [5.74, 6) is -0.489. The number of methoxy groups -OCH3 is 1. The highest BCUT2D eigenvalue weighted by atomic mass is 16.5. The van der Waals surface area contributed by atoms with Crippen LogP contribution in [0.1, 0.15) is 37.7 Å². The second-order valence-corrected chi connectivity index (χ2v) is 7.30. The van der Waals surface area contributed by atoms with E-state index < -0.39 is 12.1 Å². The Balaban J connectivity index is 1.48. The Hall–Kier alpha value is -1.59. The van der Waals surface area contributed by atoms with Gasteiger partial charge in [-0.3, -0.25) is 4.90 Å². The second-order valence-electron chi connectivity index (χ2n) is 7.30. The summed E-state index contributed by atoms with van der Waals surface area (Å²) < 4.78 is 4.64. The predicted molar refractivity (Wildman–Crippen MR) is 98.5 cm³/mol. The number of aliphatic hydroxyl groups excluding tert-OH is 1. The summed E-state index contributed by atoms with van der Waals surface area (Å²) in [5, 5.41) is 9.98. The monoisotopic (exact) mass is 346 g/mol. The number of piperidine rings is 2. The van der Waals surface area contributed by atoms with E-state index in [-0.39, 0.29) is 5.92 Å². The summed E-state index contributed by atoms with van der Waals surface area (Å²) in [6.07, 6.45) is 4.65. The average Bonchev–Trinajstić information content (AvgIpc) is 2.68. The summed E-state index contributed by atoms with van der Waals surface area (Å²) in [4.78, 5) is 16.3. The molecule has 138 valence electrons. The van der Waals surface area contributed by atoms with Crippen LogP contribution in [0.2, 0.25) is 0 Å². The van der Waals surface area contributed by atoms with Gasteiger partial charge in [0.05, 0.1) is 7.11 Å². The van der Waals surface area contributed by atoms with Gasteiger partial charge in [-0.2, -0.15) is 0 Å². The van der Waals surface area contributed by atoms with Crippen LogP contribution in [0.5, 0.6) is 0 Å². The zero-order chi connectivity index (χ0) is 17.6. The maximum atomic E-state index is 11.5. The quantitative estimate of drug-likeness (QED) is 0.830. The number of carbonyl (C=O) groups is 1. The summed E-state index contributed by atoms with van der Waals surface area (Å²) in [6.45, 7) is 5.10. The summed E-state index contributed by atoms with van der Waals surface area (Å²) in [5.41, 5.74) is 2.66. The number of ether oxygens (including phenoxy) is 1. The summed E-state index contributed by atoms with van der Waals surface area (Å²) in [6, 6.07) is 8.96. The average molecular weight is 346 g/mol. The highest BCUT2D eigenvalue weighted by Crippen LogP contribution is 2.24. The van der Waals surface area contributed by atoms with Crippen molar-refractivity contribution in [3.8, 4) is 0 Å². The third-order valence-electron chi connectivity index (χ3n) is 5.59. The lowest BCUT2D eigenvalue weighted by atomic mass is 9.91. The van der Waals surface area contributed by atoms with Crippen LogP contribution in [0.15, 0.2) is 24.3 Å². The van der Waals surface area contributed by atoms with Crippen molar-refractivity contribution in [3.63, 3.8) is 0 Å². The van der Waals surface area contributed by atoms with Gasteiger partial charge in [0, 0.05) is 25.3 Å². The van der Waals surface area contributed by atoms with E-state index in [2.05, 4.69) is 38.8 Å². The van der Waals surface area contributed by atoms with E-state index in [0.717, 1.165) is 32.5 Å². The van der Waals surface area contributed by atoms with E-state index in [4.69, 9.17) is 0 Å². The van der Waals surface area contributed by atoms with Crippen LogP contribution in [0.3, 0.4) is 0 Å². The molecule has 1 N–H and O–H groups in total. The Kier molecular flexibility index (Phi) is 6.32. The first-order valence-corrected chi connectivity index (χ1v) is 9.49. The van der Waals surface area contributed by atoms with E-state index in [1.54, 1.807) is 0 Å². The zero-order valence-electron chi connectivity index (χ0n) is 15.2. The van der Waals surface area contributed by atoms with Crippen molar-refractivity contribution in [1.82, 2.24) is 4.90 Å². The highest BCUT2D eigenvalue weighted by molar-refractivity contribution is 5.74. The lowest BCUT2D eigenvalue weighted by Gasteiger charge is -2.33. The van der Waals surface area contributed by atoms with Gasteiger partial charge in [-0.05, 0) is 68.8 Å². The standard InChI is InChI=1S/C20H30N2O3/c1-25-20(24)19(23)17-9-13-21(14-10-17)15-16-5-7-18(8-6-16)22-11-3-2-4-12-22/h5-8,17,19,23H,2-4,9-15H2,1H3. The Morgan fingerprint density at radius 1 is 1.12 bits per heavy atom. The summed E-state index contributed by atoms with van der Waals surface area (Å²) in [7, 11) is 1.33. The molecule has 5 nitrogen and oxygen atoms in total. The molecule has 3 rings (SSSR count). The SMILES string of the molecule is COC(=O)C(O)C1CCN(Cc2ccc(N3CCCCC3)cc2)CC1. The first-order chi connectivity index (χ1) is 12.2. The van der Waals surface area contributed by atoms with Gasteiger partial charge in [-0.25, -0.2) is 4.79 Å². The first-order valence-electron chi connectivity index (χ1n) is 9.49. The van der Waals surface area contributed by atoms with Gasteiger partial charge in [0.25, 0.3) is 0 Å². The van der Waals surface area contributed by atoms with E-state index in [9.17, 15) is 9.90 Å². The number of nitrogens with zero attached hydrogens (tertiary/aromatic N) is 2. The molecule has 25 heavy (non-hydrogen) atoms. The first kappa shape index (κ1) is 18.2. The molecule has 1 atom stereocenters. The van der Waals surface area contributed by atoms with Crippen molar-refractivity contribution in [3.05, 3.63) is 29.8 Å². The number of esters is 1. The molecule has 5 heteroatoms. The topological polar surface area (TPSA) is 53.0 Å². The fourth-order valence-electron chi connectivity index (χ4n) is 3.96. The molecule has 2 aliphatic heterocycles. The molecule has 2 aliphatic rings. The van der Waals surface area contributed by atoms with Crippen LogP contribution < -0.4 is 4.90 Å². The van der Waals surface area contributed by atoms with Crippen LogP contribution in [0, 0.1) is 5.92 Å². The van der Waals surface area contributed by atoms with Gasteiger partial charge in [0.1, 0.15) is 0 Å². The normalized spacial score (nSPS) is 21.1. The predicted octanol–water partition coefficient (Wildman–Crippen LogP) is 2.42. The second kappa shape index (κ2) is 8.68. The van der Waals surface area contributed by atoms with Crippen molar-refractivity contribution >= 4 is 11.7 Å². The van der Waals surface area contributed by atoms with Crippen LogP contribution in [0.25, 0.3) is 0 Å². The maximum Gasteiger partial charge on any atom is 0.334 e. The Morgan fingerprint density at radius 3 is 2.36 bits per heavy atom. The molecular weight excluding hydrogens is 316 g/mol. The Labute approximate surface area is 150 Å². The number of hydrogen-bond donors (Lipinski definition) is 1. The molecule has 0 aromatic heterocycles. The fraction of sp³-hybridized carbons (Fsp3) is 0.650. The van der Waals surface area contributed by atoms with Crippen molar-refractivity contribution in [2.45, 2.75) is 44.8 Å². The Morgan fingerprint density at radius 2 is 1.76 bits per heavy atom. The van der Waals surface area contributed by atoms with E-state index in [1.165, 1.54) is 50.7 Å². The van der Waals surface area contributed by atoms with Crippen molar-refractivity contribution in [2.75, 3.05) is 38.2 Å². The molecule has 1 aromatic rings. The minimum Gasteiger partial charge on any atom is -0.467 e. The van der Waals surface area contributed by atoms with Crippen LogP contribution in [0.4, 0.5) is 5.69 Å². The largest absolute Gasteiger partial charge is 0.467 e. The molecule has 2 heterocycles. The third-order valence-corrected chi connectivity index (χ3v) is 5.59. The molecule has 1 unspecified atom stereocenters. The summed E-state index contributed by atoms with van der Waals surface area (Å²) >= 11 is 0. The van der Waals surface area contributed by atoms with Gasteiger partial charge >= 0.3 is 5.97 Å². The number of aliphatic hydroxyl groups is 1. The van der Waals surface area contributed by atoms with E-state index >= 15 is 0 Å². The number of benzene rings is 1. The molecule has 0 bridgehead atoms. The van der Waals surface area contributed by atoms with Gasteiger partial charge in [0.2, 0.25) is 0 Å². The van der Waals surface area contributed by atoms with Crippen molar-refractivity contribution in [2.24, 2.45) is 5.92 Å². The minimum atomic E-state index is -0.976. The molecule has 2 fully saturated rings. The number of hydrogen-bond acceptors (Lipinski definition) is 5. The number of likely N-dealkylation sites (tertiary alicyclic amines) is 1.